The van der Waals surface area contributed by atoms with Gasteiger partial charge in [-0.25, -0.2) is 5.84 Å². The summed E-state index contributed by atoms with van der Waals surface area (Å²) < 4.78 is 5.21. The molecule has 0 aromatic carbocycles. The van der Waals surface area contributed by atoms with Crippen molar-refractivity contribution < 1.29 is 14.3 Å². The van der Waals surface area contributed by atoms with Gasteiger partial charge in [-0.05, 0) is 33.6 Å². The number of amides is 1. The molecular formula is C11H20N2O3. The summed E-state index contributed by atoms with van der Waals surface area (Å²) in [5.74, 6) is 4.03. The molecule has 92 valence electrons. The number of ether oxygens (including phenoxy) is 1. The van der Waals surface area contributed by atoms with Crippen LogP contribution in [0.5, 0.6) is 0 Å². The van der Waals surface area contributed by atoms with Gasteiger partial charge in [-0.2, -0.15) is 0 Å². The number of nitrogens with zero attached hydrogens (tertiary/aromatic N) is 1. The Hall–Kier alpha value is -1.10. The molecule has 1 amide bonds. The molecule has 2 N–H and O–H groups in total. The van der Waals surface area contributed by atoms with Gasteiger partial charge in [0, 0.05) is 6.54 Å². The summed E-state index contributed by atoms with van der Waals surface area (Å²) in [4.78, 5) is 23.6. The lowest BCUT2D eigenvalue weighted by atomic mass is 10.0. The van der Waals surface area contributed by atoms with Crippen molar-refractivity contribution in [1.82, 2.24) is 5.01 Å². The van der Waals surface area contributed by atoms with Crippen LogP contribution in [0.15, 0.2) is 0 Å². The molecule has 1 heterocycles. The molecule has 1 aliphatic heterocycles. The normalized spacial score (nSPS) is 22.9. The molecule has 1 rings (SSSR count). The summed E-state index contributed by atoms with van der Waals surface area (Å²) in [5.41, 5.74) is -0.566. The highest BCUT2D eigenvalue weighted by Crippen LogP contribution is 2.20. The maximum Gasteiger partial charge on any atom is 0.319 e. The van der Waals surface area contributed by atoms with Gasteiger partial charge >= 0.3 is 5.97 Å². The average molecular weight is 228 g/mol. The number of carbonyl (C=O) groups is 2. The van der Waals surface area contributed by atoms with E-state index in [0.717, 1.165) is 17.9 Å². The minimum absolute atomic E-state index is 0.327. The molecule has 0 bridgehead atoms. The second kappa shape index (κ2) is 4.82. The van der Waals surface area contributed by atoms with Crippen molar-refractivity contribution in [2.24, 2.45) is 11.8 Å². The first-order valence-corrected chi connectivity index (χ1v) is 5.60. The maximum atomic E-state index is 11.8. The van der Waals surface area contributed by atoms with Gasteiger partial charge in [0.25, 0.3) is 5.91 Å². The van der Waals surface area contributed by atoms with Crippen LogP contribution in [0.25, 0.3) is 0 Å². The topological polar surface area (TPSA) is 72.6 Å². The van der Waals surface area contributed by atoms with E-state index in [2.05, 4.69) is 0 Å². The number of hydrogen-bond acceptors (Lipinski definition) is 4. The molecule has 1 saturated heterocycles. The summed E-state index contributed by atoms with van der Waals surface area (Å²) >= 11 is 0. The maximum absolute atomic E-state index is 11.8. The zero-order valence-electron chi connectivity index (χ0n) is 10.2. The first kappa shape index (κ1) is 13.0. The highest BCUT2D eigenvalue weighted by molar-refractivity contribution is 5.97. The van der Waals surface area contributed by atoms with E-state index in [9.17, 15) is 9.59 Å². The number of hydrogen-bond donors (Lipinski definition) is 1. The van der Waals surface area contributed by atoms with Crippen molar-refractivity contribution >= 4 is 11.9 Å². The number of esters is 1. The third kappa shape index (κ3) is 3.48. The number of nitrogens with two attached hydrogens (primary N) is 1. The lowest BCUT2D eigenvalue weighted by Gasteiger charge is -2.24. The monoisotopic (exact) mass is 228 g/mol. The zero-order valence-corrected chi connectivity index (χ0v) is 10.2. The molecule has 5 nitrogen and oxygen atoms in total. The first-order valence-electron chi connectivity index (χ1n) is 5.60. The van der Waals surface area contributed by atoms with Crippen LogP contribution < -0.4 is 5.84 Å². The van der Waals surface area contributed by atoms with Gasteiger partial charge in [-0.3, -0.25) is 14.6 Å². The van der Waals surface area contributed by atoms with Gasteiger partial charge in [0.15, 0.2) is 0 Å². The van der Waals surface area contributed by atoms with E-state index < -0.39 is 17.5 Å². The molecule has 1 fully saturated rings. The Morgan fingerprint density at radius 3 is 2.62 bits per heavy atom. The standard InChI is InChI=1S/C11H20N2O3/c1-11(2,3)16-10(15)8-6-4-5-7-13(12)9(8)14/h8H,4-7,12H2,1-3H3. The second-order valence-electron chi connectivity index (χ2n) is 5.11. The summed E-state index contributed by atoms with van der Waals surface area (Å²) in [6.45, 7) is 5.86. The van der Waals surface area contributed by atoms with Gasteiger partial charge < -0.3 is 4.74 Å². The predicted octanol–water partition coefficient (Wildman–Crippen LogP) is 0.831. The van der Waals surface area contributed by atoms with Gasteiger partial charge in [-0.15, -0.1) is 0 Å². The first-order chi connectivity index (χ1) is 7.31. The van der Waals surface area contributed by atoms with Crippen molar-refractivity contribution in [2.45, 2.75) is 45.6 Å². The van der Waals surface area contributed by atoms with Crippen LogP contribution in [0.2, 0.25) is 0 Å². The van der Waals surface area contributed by atoms with Crippen molar-refractivity contribution in [3.8, 4) is 0 Å². The van der Waals surface area contributed by atoms with Crippen LogP contribution in [-0.2, 0) is 14.3 Å². The third-order valence-electron chi connectivity index (χ3n) is 2.41. The Morgan fingerprint density at radius 2 is 2.06 bits per heavy atom. The highest BCUT2D eigenvalue weighted by atomic mass is 16.6. The molecule has 0 aromatic rings. The molecule has 0 saturated carbocycles. The SMILES string of the molecule is CC(C)(C)OC(=O)C1CCCCN(N)C1=O. The van der Waals surface area contributed by atoms with E-state index in [-0.39, 0.29) is 5.91 Å². The van der Waals surface area contributed by atoms with Crippen LogP contribution in [0, 0.1) is 5.92 Å². The van der Waals surface area contributed by atoms with Gasteiger partial charge in [-0.1, -0.05) is 6.42 Å². The average Bonchev–Trinajstić information content (AvgIpc) is 2.27. The molecule has 1 aliphatic rings. The van der Waals surface area contributed by atoms with Crippen molar-refractivity contribution in [2.75, 3.05) is 6.54 Å². The number of carbonyl (C=O) groups excluding carboxylic acids is 2. The predicted molar refractivity (Wildman–Crippen MR) is 59.1 cm³/mol. The van der Waals surface area contributed by atoms with E-state index in [1.807, 2.05) is 0 Å². The Kier molecular flexibility index (Phi) is 3.91. The summed E-state index contributed by atoms with van der Waals surface area (Å²) in [5, 5.41) is 1.13. The molecule has 16 heavy (non-hydrogen) atoms. The van der Waals surface area contributed by atoms with Crippen LogP contribution in [-0.4, -0.2) is 29.0 Å². The van der Waals surface area contributed by atoms with Crippen molar-refractivity contribution in [1.29, 1.82) is 0 Å². The highest BCUT2D eigenvalue weighted by Gasteiger charge is 2.34. The molecule has 1 unspecified atom stereocenters. The number of rotatable bonds is 1. The van der Waals surface area contributed by atoms with Gasteiger partial charge in [0.1, 0.15) is 11.5 Å². The largest absolute Gasteiger partial charge is 0.459 e. The van der Waals surface area contributed by atoms with Gasteiger partial charge in [0.2, 0.25) is 0 Å². The summed E-state index contributed by atoms with van der Waals surface area (Å²) in [6, 6.07) is 0. The van der Waals surface area contributed by atoms with E-state index in [0.29, 0.717) is 13.0 Å². The smallest absolute Gasteiger partial charge is 0.319 e. The Morgan fingerprint density at radius 1 is 1.44 bits per heavy atom. The van der Waals surface area contributed by atoms with Crippen LogP contribution in [0.3, 0.4) is 0 Å². The van der Waals surface area contributed by atoms with E-state index in [1.165, 1.54) is 0 Å². The third-order valence-corrected chi connectivity index (χ3v) is 2.41. The van der Waals surface area contributed by atoms with Crippen molar-refractivity contribution in [3.63, 3.8) is 0 Å². The Balaban J connectivity index is 2.69. The quantitative estimate of drug-likeness (QED) is 0.312. The van der Waals surface area contributed by atoms with E-state index in [1.54, 1.807) is 20.8 Å². The minimum Gasteiger partial charge on any atom is -0.459 e. The van der Waals surface area contributed by atoms with Crippen LogP contribution in [0.1, 0.15) is 40.0 Å². The van der Waals surface area contributed by atoms with Crippen LogP contribution >= 0.6 is 0 Å². The number of hydrazine groups is 1. The van der Waals surface area contributed by atoms with E-state index in [4.69, 9.17) is 10.6 Å². The molecule has 0 aromatic heterocycles. The lowest BCUT2D eigenvalue weighted by Crippen LogP contribution is -2.44. The van der Waals surface area contributed by atoms with E-state index >= 15 is 0 Å². The fraction of sp³-hybridized carbons (Fsp3) is 0.818. The minimum atomic E-state index is -0.730. The molecular weight excluding hydrogens is 208 g/mol. The molecule has 0 radical (unpaired) electrons. The summed E-state index contributed by atoms with van der Waals surface area (Å²) in [7, 11) is 0. The molecule has 0 aliphatic carbocycles. The zero-order chi connectivity index (χ0) is 12.3. The molecule has 0 spiro atoms. The lowest BCUT2D eigenvalue weighted by molar-refractivity contribution is -0.164. The van der Waals surface area contributed by atoms with Crippen molar-refractivity contribution in [3.05, 3.63) is 0 Å². The fourth-order valence-corrected chi connectivity index (χ4v) is 1.66. The second-order valence-corrected chi connectivity index (χ2v) is 5.11. The molecule has 5 heteroatoms. The Labute approximate surface area is 95.9 Å². The molecule has 1 atom stereocenters. The Bertz CT molecular complexity index is 283. The van der Waals surface area contributed by atoms with Crippen LogP contribution in [0.4, 0.5) is 0 Å². The van der Waals surface area contributed by atoms with Gasteiger partial charge in [0.05, 0.1) is 0 Å². The summed E-state index contributed by atoms with van der Waals surface area (Å²) in [6.07, 6.45) is 2.19. The fourth-order valence-electron chi connectivity index (χ4n) is 1.66.